The van der Waals surface area contributed by atoms with Crippen LogP contribution in [0.1, 0.15) is 15.9 Å². The van der Waals surface area contributed by atoms with E-state index in [9.17, 15) is 9.59 Å². The topological polar surface area (TPSA) is 109 Å². The van der Waals surface area contributed by atoms with Gasteiger partial charge in [-0.25, -0.2) is 4.79 Å². The molecule has 0 atom stereocenters. The number of hydrogen-bond acceptors (Lipinski definition) is 6. The molecule has 1 heterocycles. The number of anilines is 3. The Hall–Kier alpha value is -4.24. The maximum Gasteiger partial charge on any atom is 0.322 e. The number of hydrogen-bond donors (Lipinski definition) is 3. The van der Waals surface area contributed by atoms with Crippen LogP contribution in [0.5, 0.6) is 11.5 Å². The molecule has 0 radical (unpaired) electrons. The second-order valence-electron chi connectivity index (χ2n) is 8.46. The molecule has 0 unspecified atom stereocenters. The van der Waals surface area contributed by atoms with Gasteiger partial charge in [-0.15, -0.1) is 0 Å². The van der Waals surface area contributed by atoms with Crippen LogP contribution in [-0.2, 0) is 6.54 Å². The molecule has 9 heteroatoms. The number of para-hydroxylation sites is 2. The number of likely N-dealkylation sites (N-methyl/N-ethyl adjacent to an activating group) is 1. The molecule has 4 N–H and O–H groups in total. The van der Waals surface area contributed by atoms with Crippen LogP contribution in [0.3, 0.4) is 0 Å². The molecular weight excluding hydrogens is 446 g/mol. The van der Waals surface area contributed by atoms with Gasteiger partial charge in [0, 0.05) is 37.0 Å². The van der Waals surface area contributed by atoms with E-state index < -0.39 is 0 Å². The molecule has 1 aliphatic heterocycles. The first-order chi connectivity index (χ1) is 16.9. The molecule has 0 aromatic heterocycles. The van der Waals surface area contributed by atoms with E-state index in [0.29, 0.717) is 53.8 Å². The number of nitrogens with one attached hydrogen (secondary N) is 2. The second-order valence-corrected chi connectivity index (χ2v) is 8.46. The standard InChI is InChI=1S/C26H29N5O4/c1-30(2)13-14-31(26(33)28-20-11-12-23-24(15-20)35-17-34-23)16-18-7-9-19(10-8-18)25(32)29-22-6-4-3-5-21(22)27/h3-12,15H,13-14,16-17,27H2,1-2H3,(H,28,33)(H,29,32). The van der Waals surface area contributed by atoms with Crippen molar-refractivity contribution in [2.45, 2.75) is 6.54 Å². The molecule has 182 valence electrons. The monoisotopic (exact) mass is 475 g/mol. The number of nitrogens with two attached hydrogens (primary N) is 1. The molecule has 1 aliphatic rings. The fraction of sp³-hybridized carbons (Fsp3) is 0.231. The van der Waals surface area contributed by atoms with Crippen LogP contribution in [0, 0.1) is 0 Å². The summed E-state index contributed by atoms with van der Waals surface area (Å²) in [6.07, 6.45) is 0. The van der Waals surface area contributed by atoms with Crippen molar-refractivity contribution in [2.75, 3.05) is 50.3 Å². The lowest BCUT2D eigenvalue weighted by molar-refractivity contribution is 0.102. The van der Waals surface area contributed by atoms with E-state index in [0.717, 1.165) is 5.56 Å². The molecular formula is C26H29N5O4. The third-order valence-electron chi connectivity index (χ3n) is 5.53. The maximum atomic E-state index is 13.1. The van der Waals surface area contributed by atoms with Crippen LogP contribution >= 0.6 is 0 Å². The number of benzene rings is 3. The van der Waals surface area contributed by atoms with Gasteiger partial charge in [-0.05, 0) is 56.1 Å². The van der Waals surface area contributed by atoms with Crippen molar-refractivity contribution in [1.82, 2.24) is 9.80 Å². The SMILES string of the molecule is CN(C)CCN(Cc1ccc(C(=O)Nc2ccccc2N)cc1)C(=O)Nc1ccc2c(c1)OCO2. The lowest BCUT2D eigenvalue weighted by Crippen LogP contribution is -2.39. The van der Waals surface area contributed by atoms with Gasteiger partial charge in [0.1, 0.15) is 0 Å². The lowest BCUT2D eigenvalue weighted by atomic mass is 10.1. The molecule has 3 aromatic rings. The Bertz CT molecular complexity index is 1200. The highest BCUT2D eigenvalue weighted by molar-refractivity contribution is 6.05. The third kappa shape index (κ3) is 6.21. The van der Waals surface area contributed by atoms with Gasteiger partial charge in [0.05, 0.1) is 11.4 Å². The zero-order valence-electron chi connectivity index (χ0n) is 19.8. The summed E-state index contributed by atoms with van der Waals surface area (Å²) in [5.41, 5.74) is 9.01. The normalized spacial score (nSPS) is 11.9. The molecule has 0 aliphatic carbocycles. The summed E-state index contributed by atoms with van der Waals surface area (Å²) in [5, 5.41) is 5.75. The van der Waals surface area contributed by atoms with Gasteiger partial charge >= 0.3 is 6.03 Å². The average Bonchev–Trinajstić information content (AvgIpc) is 3.31. The van der Waals surface area contributed by atoms with E-state index in [-0.39, 0.29) is 18.7 Å². The Morgan fingerprint density at radius 2 is 1.66 bits per heavy atom. The summed E-state index contributed by atoms with van der Waals surface area (Å²) >= 11 is 0. The van der Waals surface area contributed by atoms with Gasteiger partial charge in [0.15, 0.2) is 11.5 Å². The van der Waals surface area contributed by atoms with Crippen molar-refractivity contribution in [3.8, 4) is 11.5 Å². The van der Waals surface area contributed by atoms with Gasteiger partial charge in [0.25, 0.3) is 5.91 Å². The molecule has 35 heavy (non-hydrogen) atoms. The largest absolute Gasteiger partial charge is 0.454 e. The summed E-state index contributed by atoms with van der Waals surface area (Å²) < 4.78 is 10.7. The Morgan fingerprint density at radius 3 is 2.40 bits per heavy atom. The number of ether oxygens (including phenoxy) is 2. The Balaban J connectivity index is 1.42. The fourth-order valence-electron chi connectivity index (χ4n) is 3.54. The molecule has 3 amide bonds. The Morgan fingerprint density at radius 1 is 0.914 bits per heavy atom. The maximum absolute atomic E-state index is 13.1. The average molecular weight is 476 g/mol. The van der Waals surface area contributed by atoms with Crippen molar-refractivity contribution in [2.24, 2.45) is 0 Å². The molecule has 4 rings (SSSR count). The van der Waals surface area contributed by atoms with Gasteiger partial charge in [-0.3, -0.25) is 4.79 Å². The molecule has 0 fully saturated rings. The van der Waals surface area contributed by atoms with Crippen LogP contribution in [0.4, 0.5) is 21.9 Å². The summed E-state index contributed by atoms with van der Waals surface area (Å²) in [6, 6.07) is 19.4. The van der Waals surface area contributed by atoms with Crippen LogP contribution < -0.4 is 25.8 Å². The molecule has 0 saturated heterocycles. The minimum Gasteiger partial charge on any atom is -0.454 e. The lowest BCUT2D eigenvalue weighted by Gasteiger charge is -2.25. The molecule has 0 bridgehead atoms. The van der Waals surface area contributed by atoms with Crippen molar-refractivity contribution in [3.05, 3.63) is 77.9 Å². The van der Waals surface area contributed by atoms with Crippen molar-refractivity contribution >= 4 is 29.0 Å². The van der Waals surface area contributed by atoms with E-state index in [4.69, 9.17) is 15.2 Å². The van der Waals surface area contributed by atoms with E-state index in [1.807, 2.05) is 43.3 Å². The highest BCUT2D eigenvalue weighted by atomic mass is 16.7. The van der Waals surface area contributed by atoms with Gasteiger partial charge < -0.3 is 35.6 Å². The number of nitrogen functional groups attached to an aromatic ring is 1. The molecule has 0 saturated carbocycles. The van der Waals surface area contributed by atoms with Crippen LogP contribution in [-0.4, -0.2) is 55.7 Å². The summed E-state index contributed by atoms with van der Waals surface area (Å²) in [5.74, 6) is 1.01. The predicted octanol–water partition coefficient (Wildman–Crippen LogP) is 3.85. The number of carbonyl (C=O) groups is 2. The first-order valence-corrected chi connectivity index (χ1v) is 11.2. The zero-order valence-corrected chi connectivity index (χ0v) is 19.8. The van der Waals surface area contributed by atoms with Crippen molar-refractivity contribution in [3.63, 3.8) is 0 Å². The van der Waals surface area contributed by atoms with Crippen LogP contribution in [0.25, 0.3) is 0 Å². The minimum atomic E-state index is -0.250. The number of fused-ring (bicyclic) bond motifs is 1. The van der Waals surface area contributed by atoms with E-state index >= 15 is 0 Å². The van der Waals surface area contributed by atoms with E-state index in [2.05, 4.69) is 10.6 Å². The van der Waals surface area contributed by atoms with Gasteiger partial charge in [0.2, 0.25) is 6.79 Å². The first-order valence-electron chi connectivity index (χ1n) is 11.2. The van der Waals surface area contributed by atoms with Crippen LogP contribution in [0.15, 0.2) is 66.7 Å². The molecule has 9 nitrogen and oxygen atoms in total. The third-order valence-corrected chi connectivity index (χ3v) is 5.53. The summed E-state index contributed by atoms with van der Waals surface area (Å²) in [7, 11) is 3.92. The number of amides is 3. The predicted molar refractivity (Wildman–Crippen MR) is 136 cm³/mol. The summed E-state index contributed by atoms with van der Waals surface area (Å²) in [4.78, 5) is 29.4. The first kappa shape index (κ1) is 23.9. The van der Waals surface area contributed by atoms with E-state index in [1.165, 1.54) is 0 Å². The number of carbonyl (C=O) groups excluding carboxylic acids is 2. The second kappa shape index (κ2) is 10.8. The molecule has 0 spiro atoms. The zero-order chi connectivity index (χ0) is 24.8. The van der Waals surface area contributed by atoms with Crippen molar-refractivity contribution < 1.29 is 19.1 Å². The Labute approximate surface area is 204 Å². The Kier molecular flexibility index (Phi) is 7.37. The van der Waals surface area contributed by atoms with Crippen LogP contribution in [0.2, 0.25) is 0 Å². The fourth-order valence-corrected chi connectivity index (χ4v) is 3.54. The highest BCUT2D eigenvalue weighted by Gasteiger charge is 2.18. The number of nitrogens with zero attached hydrogens (tertiary/aromatic N) is 2. The summed E-state index contributed by atoms with van der Waals surface area (Å²) in [6.45, 7) is 1.79. The highest BCUT2D eigenvalue weighted by Crippen LogP contribution is 2.34. The van der Waals surface area contributed by atoms with Gasteiger partial charge in [-0.2, -0.15) is 0 Å². The van der Waals surface area contributed by atoms with E-state index in [1.54, 1.807) is 47.4 Å². The quantitative estimate of drug-likeness (QED) is 0.427. The number of urea groups is 1. The number of rotatable bonds is 8. The molecule has 3 aromatic carbocycles. The minimum absolute atomic E-state index is 0.175. The van der Waals surface area contributed by atoms with Crippen molar-refractivity contribution in [1.29, 1.82) is 0 Å². The smallest absolute Gasteiger partial charge is 0.322 e. The van der Waals surface area contributed by atoms with Gasteiger partial charge in [-0.1, -0.05) is 24.3 Å².